The van der Waals surface area contributed by atoms with E-state index in [1.165, 1.54) is 5.56 Å². The standard InChI is InChI=1S/C17H19Cl2NO/c1-12(2)20-10-13-6-8-14(9-7-13)11-21-16-5-3-4-15(18)17(16)19/h3-9,12,20H,10-11H2,1-2H3. The molecule has 21 heavy (non-hydrogen) atoms. The van der Waals surface area contributed by atoms with Gasteiger partial charge in [0.05, 0.1) is 5.02 Å². The Kier molecular flexibility index (Phi) is 5.92. The smallest absolute Gasteiger partial charge is 0.139 e. The minimum absolute atomic E-state index is 0.455. The van der Waals surface area contributed by atoms with E-state index < -0.39 is 0 Å². The summed E-state index contributed by atoms with van der Waals surface area (Å²) in [6, 6.07) is 14.2. The summed E-state index contributed by atoms with van der Waals surface area (Å²) in [7, 11) is 0. The maximum Gasteiger partial charge on any atom is 0.139 e. The van der Waals surface area contributed by atoms with Crippen LogP contribution in [0.25, 0.3) is 0 Å². The van der Waals surface area contributed by atoms with Gasteiger partial charge in [-0.2, -0.15) is 0 Å². The van der Waals surface area contributed by atoms with Gasteiger partial charge in [0.25, 0.3) is 0 Å². The van der Waals surface area contributed by atoms with Crippen LogP contribution >= 0.6 is 23.2 Å². The second kappa shape index (κ2) is 7.69. The molecule has 0 aliphatic rings. The molecule has 0 aliphatic heterocycles. The molecule has 0 fully saturated rings. The molecule has 2 rings (SSSR count). The quantitative estimate of drug-likeness (QED) is 0.801. The van der Waals surface area contributed by atoms with E-state index in [4.69, 9.17) is 27.9 Å². The van der Waals surface area contributed by atoms with Gasteiger partial charge < -0.3 is 10.1 Å². The van der Waals surface area contributed by atoms with E-state index in [1.54, 1.807) is 6.07 Å². The van der Waals surface area contributed by atoms with Crippen molar-refractivity contribution in [3.8, 4) is 5.75 Å². The molecule has 112 valence electrons. The van der Waals surface area contributed by atoms with Crippen LogP contribution in [0.2, 0.25) is 10.0 Å². The van der Waals surface area contributed by atoms with E-state index >= 15 is 0 Å². The first-order valence-corrected chi connectivity index (χ1v) is 7.70. The van der Waals surface area contributed by atoms with Crippen LogP contribution in [-0.2, 0) is 13.2 Å². The molecule has 1 N–H and O–H groups in total. The Morgan fingerprint density at radius 3 is 2.33 bits per heavy atom. The predicted molar refractivity (Wildman–Crippen MR) is 89.2 cm³/mol. The van der Waals surface area contributed by atoms with E-state index in [9.17, 15) is 0 Å². The van der Waals surface area contributed by atoms with Crippen molar-refractivity contribution >= 4 is 23.2 Å². The molecule has 0 atom stereocenters. The lowest BCUT2D eigenvalue weighted by Crippen LogP contribution is -2.21. The van der Waals surface area contributed by atoms with E-state index in [-0.39, 0.29) is 0 Å². The predicted octanol–water partition coefficient (Wildman–Crippen LogP) is 5.07. The molecule has 0 bridgehead atoms. The molecule has 0 saturated heterocycles. The molecule has 2 nitrogen and oxygen atoms in total. The summed E-state index contributed by atoms with van der Waals surface area (Å²) in [6.07, 6.45) is 0. The average Bonchev–Trinajstić information content (AvgIpc) is 2.48. The van der Waals surface area contributed by atoms with Gasteiger partial charge in [-0.15, -0.1) is 0 Å². The Labute approximate surface area is 136 Å². The Balaban J connectivity index is 1.93. The lowest BCUT2D eigenvalue weighted by molar-refractivity contribution is 0.306. The normalized spacial score (nSPS) is 10.9. The highest BCUT2D eigenvalue weighted by Gasteiger charge is 2.05. The van der Waals surface area contributed by atoms with Gasteiger partial charge in [0, 0.05) is 12.6 Å². The molecule has 2 aromatic carbocycles. The summed E-state index contributed by atoms with van der Waals surface area (Å²) >= 11 is 12.0. The molecule has 0 saturated carbocycles. The highest BCUT2D eigenvalue weighted by atomic mass is 35.5. The maximum absolute atomic E-state index is 6.09. The van der Waals surface area contributed by atoms with Gasteiger partial charge in [0.1, 0.15) is 17.4 Å². The monoisotopic (exact) mass is 323 g/mol. The zero-order valence-electron chi connectivity index (χ0n) is 12.2. The van der Waals surface area contributed by atoms with Crippen LogP contribution in [-0.4, -0.2) is 6.04 Å². The zero-order valence-corrected chi connectivity index (χ0v) is 13.7. The molecule has 0 amide bonds. The van der Waals surface area contributed by atoms with Crippen molar-refractivity contribution in [1.29, 1.82) is 0 Å². The third kappa shape index (κ3) is 4.92. The van der Waals surface area contributed by atoms with Crippen LogP contribution in [0.4, 0.5) is 0 Å². The molecule has 0 spiro atoms. The van der Waals surface area contributed by atoms with E-state index in [1.807, 2.05) is 12.1 Å². The Morgan fingerprint density at radius 1 is 1.00 bits per heavy atom. The van der Waals surface area contributed by atoms with Gasteiger partial charge in [-0.05, 0) is 23.3 Å². The molecule has 0 aliphatic carbocycles. The summed E-state index contributed by atoms with van der Waals surface area (Å²) in [4.78, 5) is 0. The van der Waals surface area contributed by atoms with E-state index in [0.29, 0.717) is 28.4 Å². The van der Waals surface area contributed by atoms with E-state index in [0.717, 1.165) is 12.1 Å². The number of benzene rings is 2. The van der Waals surface area contributed by atoms with Crippen LogP contribution in [0.3, 0.4) is 0 Å². The van der Waals surface area contributed by atoms with Crippen LogP contribution in [0.15, 0.2) is 42.5 Å². The van der Waals surface area contributed by atoms with Gasteiger partial charge in [0.15, 0.2) is 0 Å². The van der Waals surface area contributed by atoms with Crippen molar-refractivity contribution in [1.82, 2.24) is 5.32 Å². The first-order valence-electron chi connectivity index (χ1n) is 6.94. The molecule has 0 heterocycles. The molecule has 0 radical (unpaired) electrons. The SMILES string of the molecule is CC(C)NCc1ccc(COc2cccc(Cl)c2Cl)cc1. The van der Waals surface area contributed by atoms with Crippen LogP contribution in [0.5, 0.6) is 5.75 Å². The van der Waals surface area contributed by atoms with Crippen molar-refractivity contribution in [3.05, 3.63) is 63.6 Å². The van der Waals surface area contributed by atoms with Crippen molar-refractivity contribution in [3.63, 3.8) is 0 Å². The van der Waals surface area contributed by atoms with Gasteiger partial charge in [-0.1, -0.05) is 67.4 Å². The Morgan fingerprint density at radius 2 is 1.67 bits per heavy atom. The van der Waals surface area contributed by atoms with E-state index in [2.05, 4.69) is 43.4 Å². The second-order valence-electron chi connectivity index (χ2n) is 5.19. The lowest BCUT2D eigenvalue weighted by Gasteiger charge is -2.10. The largest absolute Gasteiger partial charge is 0.487 e. The molecule has 2 aromatic rings. The fourth-order valence-corrected chi connectivity index (χ4v) is 2.18. The average molecular weight is 324 g/mol. The highest BCUT2D eigenvalue weighted by molar-refractivity contribution is 6.42. The summed E-state index contributed by atoms with van der Waals surface area (Å²) in [5.41, 5.74) is 2.35. The van der Waals surface area contributed by atoms with Gasteiger partial charge in [-0.25, -0.2) is 0 Å². The van der Waals surface area contributed by atoms with Crippen LogP contribution in [0.1, 0.15) is 25.0 Å². The molecule has 4 heteroatoms. The Hall–Kier alpha value is -1.22. The van der Waals surface area contributed by atoms with Gasteiger partial charge in [0.2, 0.25) is 0 Å². The maximum atomic E-state index is 6.09. The minimum atomic E-state index is 0.455. The summed E-state index contributed by atoms with van der Waals surface area (Å²) < 4.78 is 5.71. The number of halogens is 2. The lowest BCUT2D eigenvalue weighted by atomic mass is 10.1. The van der Waals surface area contributed by atoms with Crippen molar-refractivity contribution in [2.45, 2.75) is 33.0 Å². The van der Waals surface area contributed by atoms with Gasteiger partial charge >= 0.3 is 0 Å². The third-order valence-electron chi connectivity index (χ3n) is 3.05. The van der Waals surface area contributed by atoms with Crippen LogP contribution < -0.4 is 10.1 Å². The molecular formula is C17H19Cl2NO. The molecule has 0 aromatic heterocycles. The number of hydrogen-bond acceptors (Lipinski definition) is 2. The Bertz CT molecular complexity index is 582. The summed E-state index contributed by atoms with van der Waals surface area (Å²) in [5.74, 6) is 0.606. The number of nitrogens with one attached hydrogen (secondary N) is 1. The topological polar surface area (TPSA) is 21.3 Å². The fourth-order valence-electron chi connectivity index (χ4n) is 1.83. The second-order valence-corrected chi connectivity index (χ2v) is 5.98. The van der Waals surface area contributed by atoms with Crippen molar-refractivity contribution in [2.75, 3.05) is 0 Å². The van der Waals surface area contributed by atoms with Gasteiger partial charge in [-0.3, -0.25) is 0 Å². The molecular weight excluding hydrogens is 305 g/mol. The number of hydrogen-bond donors (Lipinski definition) is 1. The highest BCUT2D eigenvalue weighted by Crippen LogP contribution is 2.31. The van der Waals surface area contributed by atoms with Crippen molar-refractivity contribution in [2.24, 2.45) is 0 Å². The summed E-state index contributed by atoms with van der Waals surface area (Å²) in [6.45, 7) is 5.62. The summed E-state index contributed by atoms with van der Waals surface area (Å²) in [5, 5.41) is 4.35. The first kappa shape index (κ1) is 16.2. The third-order valence-corrected chi connectivity index (χ3v) is 3.85. The first-order chi connectivity index (χ1) is 10.1. The van der Waals surface area contributed by atoms with Crippen LogP contribution in [0, 0.1) is 0 Å². The molecule has 0 unspecified atom stereocenters. The number of rotatable bonds is 6. The number of ether oxygens (including phenoxy) is 1. The fraction of sp³-hybridized carbons (Fsp3) is 0.294. The van der Waals surface area contributed by atoms with Crippen molar-refractivity contribution < 1.29 is 4.74 Å². The zero-order chi connectivity index (χ0) is 15.2. The minimum Gasteiger partial charge on any atom is -0.487 e.